The average Bonchev–Trinajstić information content (AvgIpc) is 2.64. The second-order valence-corrected chi connectivity index (χ2v) is 4.83. The Kier molecular flexibility index (Phi) is 3.43. The summed E-state index contributed by atoms with van der Waals surface area (Å²) in [6, 6.07) is 3.87. The summed E-state index contributed by atoms with van der Waals surface area (Å²) >= 11 is 0. The van der Waals surface area contributed by atoms with E-state index >= 15 is 0 Å². The third kappa shape index (κ3) is 2.41. The third-order valence-electron chi connectivity index (χ3n) is 3.50. The van der Waals surface area contributed by atoms with Gasteiger partial charge in [-0.1, -0.05) is 13.0 Å². The quantitative estimate of drug-likeness (QED) is 0.756. The molecule has 1 heterocycles. The number of phenols is 2. The molecule has 0 bridgehead atoms. The van der Waals surface area contributed by atoms with Crippen LogP contribution in [0.15, 0.2) is 18.2 Å². The van der Waals surface area contributed by atoms with Crippen LogP contribution in [0.5, 0.6) is 11.5 Å². The molecule has 1 aromatic carbocycles. The van der Waals surface area contributed by atoms with Crippen molar-refractivity contribution in [3.05, 3.63) is 23.8 Å². The number of phenolic OH excluding ortho intramolecular Hbond substituents is 2. The number of nitrogens with zero attached hydrogens (tertiary/aromatic N) is 1. The topological polar surface area (TPSA) is 81.0 Å². The maximum Gasteiger partial charge on any atom is 0.321 e. The smallest absolute Gasteiger partial charge is 0.321 e. The van der Waals surface area contributed by atoms with Crippen molar-refractivity contribution in [1.82, 2.24) is 4.90 Å². The Labute approximate surface area is 105 Å². The van der Waals surface area contributed by atoms with Crippen molar-refractivity contribution in [3.8, 4) is 11.5 Å². The lowest BCUT2D eigenvalue weighted by Crippen LogP contribution is -2.38. The Hall–Kier alpha value is -1.75. The van der Waals surface area contributed by atoms with E-state index in [1.54, 1.807) is 6.07 Å². The summed E-state index contributed by atoms with van der Waals surface area (Å²) in [5.74, 6) is -0.709. The first-order chi connectivity index (χ1) is 8.49. The zero-order chi connectivity index (χ0) is 13.3. The predicted molar refractivity (Wildman–Crippen MR) is 65.4 cm³/mol. The average molecular weight is 251 g/mol. The normalized spacial score (nSPS) is 24.3. The van der Waals surface area contributed by atoms with Crippen LogP contribution in [0.1, 0.15) is 18.9 Å². The fourth-order valence-corrected chi connectivity index (χ4v) is 2.51. The molecule has 0 saturated carbocycles. The van der Waals surface area contributed by atoms with Gasteiger partial charge in [0, 0.05) is 18.2 Å². The standard InChI is InChI=1S/C13H17NO4/c1-8-4-5-14(12(8)13(17)18)7-9-2-3-10(15)6-11(9)16/h2-3,6,8,12,15-16H,4-5,7H2,1H3,(H,17,18). The lowest BCUT2D eigenvalue weighted by atomic mass is 10.0. The predicted octanol–water partition coefficient (Wildman–Crippen LogP) is 1.39. The van der Waals surface area contributed by atoms with Gasteiger partial charge in [0.2, 0.25) is 0 Å². The summed E-state index contributed by atoms with van der Waals surface area (Å²) in [5.41, 5.74) is 0.633. The second kappa shape index (κ2) is 4.86. The van der Waals surface area contributed by atoms with Crippen molar-refractivity contribution in [2.45, 2.75) is 25.9 Å². The van der Waals surface area contributed by atoms with Gasteiger partial charge >= 0.3 is 5.97 Å². The van der Waals surface area contributed by atoms with Crippen LogP contribution in [0.3, 0.4) is 0 Å². The Morgan fingerprint density at radius 1 is 1.44 bits per heavy atom. The Morgan fingerprint density at radius 2 is 2.17 bits per heavy atom. The molecule has 0 spiro atoms. The van der Waals surface area contributed by atoms with E-state index in [-0.39, 0.29) is 17.4 Å². The number of carbonyl (C=O) groups is 1. The van der Waals surface area contributed by atoms with Crippen molar-refractivity contribution < 1.29 is 20.1 Å². The number of hydrogen-bond donors (Lipinski definition) is 3. The van der Waals surface area contributed by atoms with Gasteiger partial charge in [-0.2, -0.15) is 0 Å². The molecule has 3 N–H and O–H groups in total. The van der Waals surface area contributed by atoms with E-state index in [9.17, 15) is 20.1 Å². The Morgan fingerprint density at radius 3 is 2.78 bits per heavy atom. The molecule has 2 rings (SSSR count). The van der Waals surface area contributed by atoms with Crippen LogP contribution < -0.4 is 0 Å². The highest BCUT2D eigenvalue weighted by Crippen LogP contribution is 2.29. The molecular formula is C13H17NO4. The van der Waals surface area contributed by atoms with Gasteiger partial charge in [-0.05, 0) is 24.9 Å². The van der Waals surface area contributed by atoms with E-state index in [1.807, 2.05) is 11.8 Å². The van der Waals surface area contributed by atoms with Crippen LogP contribution in [-0.4, -0.2) is 38.8 Å². The lowest BCUT2D eigenvalue weighted by Gasteiger charge is -2.23. The zero-order valence-electron chi connectivity index (χ0n) is 10.2. The number of hydrogen-bond acceptors (Lipinski definition) is 4. The number of aromatic hydroxyl groups is 2. The minimum Gasteiger partial charge on any atom is -0.508 e. The van der Waals surface area contributed by atoms with Crippen LogP contribution in [0.4, 0.5) is 0 Å². The van der Waals surface area contributed by atoms with Crippen LogP contribution in [0.2, 0.25) is 0 Å². The second-order valence-electron chi connectivity index (χ2n) is 4.83. The van der Waals surface area contributed by atoms with Crippen molar-refractivity contribution in [3.63, 3.8) is 0 Å². The lowest BCUT2D eigenvalue weighted by molar-refractivity contribution is -0.143. The summed E-state index contributed by atoms with van der Waals surface area (Å²) in [5, 5.41) is 28.1. The van der Waals surface area contributed by atoms with E-state index in [1.165, 1.54) is 12.1 Å². The summed E-state index contributed by atoms with van der Waals surface area (Å²) in [6.07, 6.45) is 0.843. The van der Waals surface area contributed by atoms with Crippen molar-refractivity contribution in [2.24, 2.45) is 5.92 Å². The maximum atomic E-state index is 11.2. The number of carboxylic acid groups (broad SMARTS) is 1. The largest absolute Gasteiger partial charge is 0.508 e. The first-order valence-corrected chi connectivity index (χ1v) is 5.96. The minimum atomic E-state index is -0.821. The first kappa shape index (κ1) is 12.7. The van der Waals surface area contributed by atoms with E-state index in [0.717, 1.165) is 6.42 Å². The molecule has 5 heteroatoms. The highest BCUT2D eigenvalue weighted by atomic mass is 16.4. The monoisotopic (exact) mass is 251 g/mol. The number of carboxylic acids is 1. The van der Waals surface area contributed by atoms with Crippen LogP contribution >= 0.6 is 0 Å². The van der Waals surface area contributed by atoms with Gasteiger partial charge in [0.25, 0.3) is 0 Å². The summed E-state index contributed by atoms with van der Waals surface area (Å²) in [4.78, 5) is 13.1. The summed E-state index contributed by atoms with van der Waals surface area (Å²) in [7, 11) is 0. The molecule has 98 valence electrons. The maximum absolute atomic E-state index is 11.2. The van der Waals surface area contributed by atoms with Crippen molar-refractivity contribution in [2.75, 3.05) is 6.54 Å². The van der Waals surface area contributed by atoms with E-state index in [2.05, 4.69) is 0 Å². The number of aliphatic carboxylic acids is 1. The minimum absolute atomic E-state index is 0.000763. The summed E-state index contributed by atoms with van der Waals surface area (Å²) < 4.78 is 0. The molecule has 0 aliphatic carbocycles. The molecule has 1 fully saturated rings. The van der Waals surface area contributed by atoms with Gasteiger partial charge in [-0.25, -0.2) is 0 Å². The molecule has 1 saturated heterocycles. The molecule has 1 aromatic rings. The van der Waals surface area contributed by atoms with E-state index < -0.39 is 12.0 Å². The molecule has 1 aliphatic heterocycles. The molecular weight excluding hydrogens is 234 g/mol. The molecule has 0 amide bonds. The van der Waals surface area contributed by atoms with Gasteiger partial charge in [-0.3, -0.25) is 9.69 Å². The molecule has 18 heavy (non-hydrogen) atoms. The fraction of sp³-hybridized carbons (Fsp3) is 0.462. The van der Waals surface area contributed by atoms with Gasteiger partial charge in [0.05, 0.1) is 0 Å². The molecule has 0 radical (unpaired) electrons. The Bertz CT molecular complexity index is 460. The number of likely N-dealkylation sites (tertiary alicyclic amines) is 1. The Balaban J connectivity index is 2.16. The van der Waals surface area contributed by atoms with Gasteiger partial charge < -0.3 is 15.3 Å². The first-order valence-electron chi connectivity index (χ1n) is 5.96. The van der Waals surface area contributed by atoms with E-state index in [0.29, 0.717) is 18.7 Å². The van der Waals surface area contributed by atoms with Crippen LogP contribution in [0.25, 0.3) is 0 Å². The highest BCUT2D eigenvalue weighted by Gasteiger charge is 2.36. The zero-order valence-corrected chi connectivity index (χ0v) is 10.2. The van der Waals surface area contributed by atoms with Crippen LogP contribution in [-0.2, 0) is 11.3 Å². The molecule has 1 aliphatic rings. The summed E-state index contributed by atoms with van der Waals surface area (Å²) in [6.45, 7) is 3.02. The molecule has 2 unspecified atom stereocenters. The van der Waals surface area contributed by atoms with Crippen molar-refractivity contribution >= 4 is 5.97 Å². The SMILES string of the molecule is CC1CCN(Cc2ccc(O)cc2O)C1C(=O)O. The van der Waals surface area contributed by atoms with Gasteiger partial charge in [-0.15, -0.1) is 0 Å². The molecule has 2 atom stereocenters. The molecule has 5 nitrogen and oxygen atoms in total. The van der Waals surface area contributed by atoms with Crippen LogP contribution in [0, 0.1) is 5.92 Å². The third-order valence-corrected chi connectivity index (χ3v) is 3.50. The van der Waals surface area contributed by atoms with E-state index in [4.69, 9.17) is 0 Å². The highest BCUT2D eigenvalue weighted by molar-refractivity contribution is 5.74. The van der Waals surface area contributed by atoms with Crippen molar-refractivity contribution in [1.29, 1.82) is 0 Å². The number of benzene rings is 1. The number of rotatable bonds is 3. The van der Waals surface area contributed by atoms with Gasteiger partial charge in [0.1, 0.15) is 17.5 Å². The fourth-order valence-electron chi connectivity index (χ4n) is 2.51. The molecule has 0 aromatic heterocycles. The van der Waals surface area contributed by atoms with Gasteiger partial charge in [0.15, 0.2) is 0 Å².